The van der Waals surface area contributed by atoms with E-state index in [9.17, 15) is 38.4 Å². The first-order chi connectivity index (χ1) is 31.5. The van der Waals surface area contributed by atoms with E-state index in [0.717, 1.165) is 55.4 Å². The molecule has 0 aliphatic carbocycles. The van der Waals surface area contributed by atoms with Crippen LogP contribution in [-0.2, 0) is 114 Å². The smallest absolute Gasteiger partial charge is 0.349 e. The molecule has 0 bridgehead atoms. The van der Waals surface area contributed by atoms with Crippen LogP contribution in [0.15, 0.2) is 0 Å². The van der Waals surface area contributed by atoms with E-state index in [-0.39, 0.29) is 6.61 Å². The molecule has 4 aliphatic heterocycles. The van der Waals surface area contributed by atoms with Gasteiger partial charge < -0.3 is 75.2 Å². The molecule has 0 amide bonds. The van der Waals surface area contributed by atoms with Crippen molar-refractivity contribution in [3.63, 3.8) is 0 Å². The molecule has 0 N–H and O–H groups in total. The fraction of sp³-hybridized carbons (Fsp3) is 0.814. The van der Waals surface area contributed by atoms with Gasteiger partial charge in [-0.2, -0.15) is 0 Å². The summed E-state index contributed by atoms with van der Waals surface area (Å²) in [6, 6.07) is 0. The minimum atomic E-state index is -3.51. The average Bonchev–Trinajstić information content (AvgIpc) is 3.19. The molecule has 4 heterocycles. The summed E-state index contributed by atoms with van der Waals surface area (Å²) < 4.78 is 97.1. The minimum absolute atomic E-state index is 0.0739. The number of hydrogen-bond donors (Lipinski definition) is 0. The Balaban J connectivity index is 2.00. The van der Waals surface area contributed by atoms with Gasteiger partial charge in [-0.25, -0.2) is 0 Å². The van der Waals surface area contributed by atoms with Gasteiger partial charge in [0.1, 0.15) is 49.8 Å². The van der Waals surface area contributed by atoms with Gasteiger partial charge >= 0.3 is 56.3 Å². The van der Waals surface area contributed by atoms with Gasteiger partial charge in [0, 0.05) is 72.6 Å². The molecule has 4 fully saturated rings. The zero-order valence-electron chi connectivity index (χ0n) is 41.1. The summed E-state index contributed by atoms with van der Waals surface area (Å²) in [6.07, 6.45) is -23.2. The largest absolute Gasteiger partial charge is 0.463 e. The third-order valence-electron chi connectivity index (χ3n) is 11.0. The van der Waals surface area contributed by atoms with Gasteiger partial charge in [-0.1, -0.05) is 41.5 Å². The molecule has 24 nitrogen and oxygen atoms in total. The predicted octanol–water partition coefficient (Wildman–Crippen LogP) is 1.75. The minimum Gasteiger partial charge on any atom is -0.463 e. The third-order valence-corrected chi connectivity index (χ3v) is 16.2. The molecular weight excluding hydrogens is 929 g/mol. The summed E-state index contributed by atoms with van der Waals surface area (Å²) in [5, 5.41) is -1.30. The van der Waals surface area contributed by atoms with Crippen LogP contribution in [0.4, 0.5) is 0 Å². The summed E-state index contributed by atoms with van der Waals surface area (Å²) in [7, 11) is -2.23. The van der Waals surface area contributed by atoms with Crippen molar-refractivity contribution in [3.8, 4) is 0 Å². The van der Waals surface area contributed by atoms with Crippen LogP contribution in [0.5, 0.6) is 0 Å². The molecule has 0 unspecified atom stereocenters. The molecule has 0 aromatic rings. The molecular formula is C43H66O24Si. The first kappa shape index (κ1) is 56.2. The summed E-state index contributed by atoms with van der Waals surface area (Å²) in [6.45, 7) is 19.1. The second-order valence-corrected chi connectivity index (χ2v) is 23.4. The van der Waals surface area contributed by atoms with Gasteiger partial charge in [0.05, 0.1) is 6.61 Å². The van der Waals surface area contributed by atoms with E-state index in [0.29, 0.717) is 0 Å². The zero-order valence-corrected chi connectivity index (χ0v) is 42.1. The van der Waals surface area contributed by atoms with Crippen LogP contribution in [0.1, 0.15) is 96.9 Å². The molecule has 0 aromatic heterocycles. The first-order valence-electron chi connectivity index (χ1n) is 21.9. The molecule has 0 spiro atoms. The Hall–Kier alpha value is -4.34. The lowest BCUT2D eigenvalue weighted by Gasteiger charge is -2.58. The lowest BCUT2D eigenvalue weighted by atomic mass is 9.95. The molecule has 4 rings (SSSR count). The van der Waals surface area contributed by atoms with E-state index in [4.69, 9.17) is 75.2 Å². The number of methoxy groups -OCH3 is 1. The van der Waals surface area contributed by atoms with Crippen LogP contribution in [0.25, 0.3) is 0 Å². The molecule has 68 heavy (non-hydrogen) atoms. The van der Waals surface area contributed by atoms with Crippen molar-refractivity contribution in [1.29, 1.82) is 0 Å². The second kappa shape index (κ2) is 23.0. The normalized spacial score (nSPS) is 33.6. The Morgan fingerprint density at radius 2 is 0.809 bits per heavy atom. The summed E-state index contributed by atoms with van der Waals surface area (Å²) in [5.41, 5.74) is 0. The molecule has 0 aromatic carbocycles. The number of rotatable bonds is 15. The van der Waals surface area contributed by atoms with Crippen molar-refractivity contribution in [3.05, 3.63) is 0 Å². The van der Waals surface area contributed by atoms with Crippen LogP contribution in [0, 0.1) is 0 Å². The maximum absolute atomic E-state index is 12.9. The van der Waals surface area contributed by atoms with Crippen molar-refractivity contribution in [2.75, 3.05) is 26.9 Å². The Morgan fingerprint density at radius 3 is 1.15 bits per heavy atom. The number of carbonyl (C=O) groups excluding carboxylic acids is 8. The van der Waals surface area contributed by atoms with Gasteiger partial charge in [0.2, 0.25) is 0 Å². The topological polar surface area (TPSA) is 284 Å². The van der Waals surface area contributed by atoms with Gasteiger partial charge in [-0.15, -0.1) is 0 Å². The Bertz CT molecular complexity index is 1830. The number of ether oxygens (including phenoxy) is 14. The molecule has 25 heteroatoms. The lowest BCUT2D eigenvalue weighted by Crippen LogP contribution is -2.73. The second-order valence-electron chi connectivity index (χ2n) is 18.6. The van der Waals surface area contributed by atoms with Gasteiger partial charge in [-0.3, -0.25) is 38.4 Å². The van der Waals surface area contributed by atoms with E-state index >= 15 is 0 Å². The highest BCUT2D eigenvalue weighted by Crippen LogP contribution is 2.55. The molecule has 0 saturated carbocycles. The van der Waals surface area contributed by atoms with Crippen molar-refractivity contribution in [2.45, 2.75) is 199 Å². The van der Waals surface area contributed by atoms with Crippen molar-refractivity contribution >= 4 is 56.3 Å². The van der Waals surface area contributed by atoms with E-state index < -0.39 is 172 Å². The third kappa shape index (κ3) is 13.7. The van der Waals surface area contributed by atoms with E-state index in [1.54, 1.807) is 0 Å². The Labute approximate surface area is 395 Å². The van der Waals surface area contributed by atoms with Crippen LogP contribution in [0.2, 0.25) is 10.1 Å². The SMILES string of the molecule is CO[C@@H]1O[C@@H]2CO[Si](C(C)(C)C)(C(C)(C)C)O[C@@H]2[C@H](O[C@@H]2O[C@H](COC(C)=O)[C@@H](OC(C)=O)[C@H](OC(C)=O)[C@H]2OC(C)=O)[C@H]1O[C@@H]1O[C@H](COC(C)=O)[C@@H](OC(C)=O)[C@H](OC(C)=O)[C@H]1OC(C)=O. The van der Waals surface area contributed by atoms with Gasteiger partial charge in [-0.05, 0) is 0 Å². The zero-order chi connectivity index (χ0) is 51.2. The molecule has 15 atom stereocenters. The first-order valence-corrected chi connectivity index (χ1v) is 23.7. The highest BCUT2D eigenvalue weighted by Gasteiger charge is 2.67. The Morgan fingerprint density at radius 1 is 0.456 bits per heavy atom. The lowest BCUT2D eigenvalue weighted by molar-refractivity contribution is -0.392. The van der Waals surface area contributed by atoms with Crippen LogP contribution < -0.4 is 0 Å². The number of hydrogen-bond acceptors (Lipinski definition) is 24. The van der Waals surface area contributed by atoms with Crippen LogP contribution >= 0.6 is 0 Å². The highest BCUT2D eigenvalue weighted by molar-refractivity contribution is 6.73. The van der Waals surface area contributed by atoms with Crippen LogP contribution in [0.3, 0.4) is 0 Å². The maximum atomic E-state index is 12.9. The molecule has 386 valence electrons. The molecule has 4 aliphatic rings. The number of esters is 8. The highest BCUT2D eigenvalue weighted by atomic mass is 28.4. The standard InChI is InChI=1S/C43H66O24Si/c1-19(44)53-16-27-30(56-21(3)46)33(58-23(5)48)37(60-25(7)50)40(63-27)65-35-32-29(18-55-68(67-32,42(9,10)11)43(12,13)14)62-39(52-15)36(35)66-41-38(61-26(8)51)34(59-24(6)49)31(57-22(4)47)28(64-41)17-54-20(2)45/h27-41H,16-18H2,1-15H3/t27-,28-,29-,30-,31-,32+,33+,34+,35+,36-,37-,38-,39-,40+,41+/m1/s1. The summed E-state index contributed by atoms with van der Waals surface area (Å²) in [5.74, 6) is -6.87. The van der Waals surface area contributed by atoms with E-state index in [2.05, 4.69) is 0 Å². The Kier molecular flexibility index (Phi) is 19.1. The average molecular weight is 995 g/mol. The van der Waals surface area contributed by atoms with Gasteiger partial charge in [0.25, 0.3) is 0 Å². The van der Waals surface area contributed by atoms with E-state index in [1.165, 1.54) is 7.11 Å². The van der Waals surface area contributed by atoms with Crippen molar-refractivity contribution in [2.24, 2.45) is 0 Å². The fourth-order valence-corrected chi connectivity index (χ4v) is 13.8. The fourth-order valence-electron chi connectivity index (χ4n) is 8.89. The van der Waals surface area contributed by atoms with Crippen molar-refractivity contribution in [1.82, 2.24) is 0 Å². The van der Waals surface area contributed by atoms with E-state index in [1.807, 2.05) is 41.5 Å². The monoisotopic (exact) mass is 994 g/mol. The summed E-state index contributed by atoms with van der Waals surface area (Å²) in [4.78, 5) is 100. The van der Waals surface area contributed by atoms with Crippen LogP contribution in [-0.4, -0.2) is 175 Å². The number of carbonyl (C=O) groups is 8. The van der Waals surface area contributed by atoms with Gasteiger partial charge in [0.15, 0.2) is 55.5 Å². The molecule has 4 saturated heterocycles. The number of fused-ring (bicyclic) bond motifs is 1. The summed E-state index contributed by atoms with van der Waals surface area (Å²) >= 11 is 0. The predicted molar refractivity (Wildman–Crippen MR) is 225 cm³/mol. The maximum Gasteiger partial charge on any atom is 0.349 e. The molecule has 0 radical (unpaired) electrons. The van der Waals surface area contributed by atoms with Crippen molar-refractivity contribution < 1.29 is 114 Å². The quantitative estimate of drug-likeness (QED) is 0.128.